The molecule has 2 fully saturated rings. The first kappa shape index (κ1) is 15.6. The van der Waals surface area contributed by atoms with Crippen LogP contribution in [0, 0.1) is 3.95 Å². The average molecular weight is 344 g/mol. The Kier molecular flexibility index (Phi) is 4.19. The third kappa shape index (κ3) is 2.83. The molecule has 2 aromatic rings. The number of thiazole rings is 1. The van der Waals surface area contributed by atoms with E-state index < -0.39 is 0 Å². The van der Waals surface area contributed by atoms with E-state index in [2.05, 4.69) is 47.2 Å². The van der Waals surface area contributed by atoms with Crippen molar-refractivity contribution in [1.29, 1.82) is 0 Å². The van der Waals surface area contributed by atoms with E-state index in [1.807, 2.05) is 0 Å². The molecule has 1 heterocycles. The van der Waals surface area contributed by atoms with Crippen molar-refractivity contribution in [2.24, 2.45) is 0 Å². The van der Waals surface area contributed by atoms with Crippen molar-refractivity contribution in [2.75, 3.05) is 0 Å². The second kappa shape index (κ2) is 6.18. The van der Waals surface area contributed by atoms with Gasteiger partial charge in [-0.15, -0.1) is 11.3 Å². The fraction of sp³-hybridized carbons (Fsp3) is 0.550. The first-order chi connectivity index (χ1) is 11.2. The Morgan fingerprint density at radius 2 is 1.78 bits per heavy atom. The lowest BCUT2D eigenvalue weighted by Gasteiger charge is -2.46. The third-order valence-electron chi connectivity index (χ3n) is 5.98. The van der Waals surface area contributed by atoms with Gasteiger partial charge in [-0.25, -0.2) is 0 Å². The van der Waals surface area contributed by atoms with Crippen LogP contribution in [-0.4, -0.2) is 4.57 Å². The minimum atomic E-state index is 0.347. The van der Waals surface area contributed by atoms with Crippen LogP contribution in [0.5, 0.6) is 0 Å². The molecule has 4 rings (SSSR count). The van der Waals surface area contributed by atoms with Crippen LogP contribution in [0.3, 0.4) is 0 Å². The van der Waals surface area contributed by atoms with E-state index >= 15 is 0 Å². The molecule has 0 amide bonds. The molecule has 1 nitrogen and oxygen atoms in total. The number of hydrogen-bond donors (Lipinski definition) is 0. The van der Waals surface area contributed by atoms with Gasteiger partial charge in [0.05, 0.1) is 0 Å². The summed E-state index contributed by atoms with van der Waals surface area (Å²) in [6, 6.07) is 11.7. The maximum atomic E-state index is 5.68. The minimum Gasteiger partial charge on any atom is -0.324 e. The minimum absolute atomic E-state index is 0.347. The molecule has 122 valence electrons. The third-order valence-corrected chi connectivity index (χ3v) is 7.22. The van der Waals surface area contributed by atoms with Gasteiger partial charge in [-0.2, -0.15) is 0 Å². The summed E-state index contributed by atoms with van der Waals surface area (Å²) in [6.07, 6.45) is 9.30. The van der Waals surface area contributed by atoms with Crippen molar-refractivity contribution >= 4 is 23.6 Å². The summed E-state index contributed by atoms with van der Waals surface area (Å²) in [5.74, 6) is 0.690. The van der Waals surface area contributed by atoms with Crippen LogP contribution in [0.4, 0.5) is 0 Å². The fourth-order valence-corrected chi connectivity index (χ4v) is 5.93. The van der Waals surface area contributed by atoms with E-state index in [1.165, 1.54) is 56.2 Å². The summed E-state index contributed by atoms with van der Waals surface area (Å²) in [5.41, 5.74) is 3.37. The van der Waals surface area contributed by atoms with Gasteiger partial charge < -0.3 is 4.57 Å². The molecule has 0 saturated heterocycles. The molecular formula is C20H25NS2. The smallest absolute Gasteiger partial charge is 0.161 e. The van der Waals surface area contributed by atoms with Gasteiger partial charge in [0.2, 0.25) is 0 Å². The van der Waals surface area contributed by atoms with Crippen LogP contribution in [0.15, 0.2) is 35.7 Å². The van der Waals surface area contributed by atoms with E-state index in [-0.39, 0.29) is 0 Å². The van der Waals surface area contributed by atoms with Gasteiger partial charge in [0.1, 0.15) is 0 Å². The summed E-state index contributed by atoms with van der Waals surface area (Å²) in [4.78, 5) is 0. The Morgan fingerprint density at radius 1 is 1.09 bits per heavy atom. The van der Waals surface area contributed by atoms with Gasteiger partial charge >= 0.3 is 0 Å². The topological polar surface area (TPSA) is 4.93 Å². The number of aromatic nitrogens is 1. The fourth-order valence-electron chi connectivity index (χ4n) is 4.64. The summed E-state index contributed by atoms with van der Waals surface area (Å²) < 4.78 is 3.63. The molecule has 2 saturated carbocycles. The summed E-state index contributed by atoms with van der Waals surface area (Å²) >= 11 is 7.45. The quantitative estimate of drug-likeness (QED) is 0.567. The molecule has 1 aromatic carbocycles. The summed E-state index contributed by atoms with van der Waals surface area (Å²) in [6.45, 7) is 2.42. The second-order valence-corrected chi connectivity index (χ2v) is 9.12. The maximum Gasteiger partial charge on any atom is 0.161 e. The molecule has 1 aromatic heterocycles. The zero-order valence-corrected chi connectivity index (χ0v) is 15.5. The Hall–Kier alpha value is -0.930. The SMILES string of the molecule is CC1(c2ccccc2)CC(c2csc(=S)n2C2CCCCC2)C1. The molecule has 23 heavy (non-hydrogen) atoms. The molecule has 2 aliphatic rings. The second-order valence-electron chi connectivity index (χ2n) is 7.62. The van der Waals surface area contributed by atoms with Gasteiger partial charge in [-0.3, -0.25) is 0 Å². The lowest BCUT2D eigenvalue weighted by molar-refractivity contribution is 0.210. The number of nitrogens with zero attached hydrogens (tertiary/aromatic N) is 1. The van der Waals surface area contributed by atoms with Crippen LogP contribution in [0.1, 0.15) is 75.1 Å². The van der Waals surface area contributed by atoms with Gasteiger partial charge in [-0.1, -0.05) is 56.5 Å². The number of hydrogen-bond acceptors (Lipinski definition) is 2. The summed E-state index contributed by atoms with van der Waals surface area (Å²) in [7, 11) is 0. The van der Waals surface area contributed by atoms with Crippen LogP contribution >= 0.6 is 23.6 Å². The largest absolute Gasteiger partial charge is 0.324 e. The van der Waals surface area contributed by atoms with Crippen LogP contribution in [0.2, 0.25) is 0 Å². The standard InChI is InChI=1S/C20H25NS2/c1-20(16-8-4-2-5-9-16)12-15(13-20)18-14-23-19(22)21(18)17-10-6-3-7-11-17/h2,4-5,8-9,14-15,17H,3,6-7,10-13H2,1H3. The highest BCUT2D eigenvalue weighted by Crippen LogP contribution is 2.53. The lowest BCUT2D eigenvalue weighted by atomic mass is 9.59. The highest BCUT2D eigenvalue weighted by molar-refractivity contribution is 7.73. The highest BCUT2D eigenvalue weighted by Gasteiger charge is 2.43. The van der Waals surface area contributed by atoms with Gasteiger partial charge in [0.25, 0.3) is 0 Å². The van der Waals surface area contributed by atoms with Crippen LogP contribution in [-0.2, 0) is 5.41 Å². The first-order valence-corrected chi connectivity index (χ1v) is 10.2. The lowest BCUT2D eigenvalue weighted by Crippen LogP contribution is -2.38. The molecule has 0 atom stereocenters. The van der Waals surface area contributed by atoms with Crippen LogP contribution in [0.25, 0.3) is 0 Å². The molecule has 0 unspecified atom stereocenters. The molecular weight excluding hydrogens is 318 g/mol. The molecule has 0 spiro atoms. The monoisotopic (exact) mass is 343 g/mol. The number of benzene rings is 1. The predicted octanol–water partition coefficient (Wildman–Crippen LogP) is 6.62. The van der Waals surface area contributed by atoms with Crippen molar-refractivity contribution in [3.8, 4) is 0 Å². The first-order valence-electron chi connectivity index (χ1n) is 8.93. The van der Waals surface area contributed by atoms with Gasteiger partial charge in [-0.05, 0) is 48.9 Å². The molecule has 0 N–H and O–H groups in total. The van der Waals surface area contributed by atoms with E-state index in [0.717, 1.165) is 3.95 Å². The summed E-state index contributed by atoms with van der Waals surface area (Å²) in [5, 5.41) is 2.35. The van der Waals surface area contributed by atoms with E-state index in [0.29, 0.717) is 17.4 Å². The zero-order valence-electron chi connectivity index (χ0n) is 13.8. The average Bonchev–Trinajstić information content (AvgIpc) is 2.95. The van der Waals surface area contributed by atoms with E-state index in [9.17, 15) is 0 Å². The Balaban J connectivity index is 1.56. The van der Waals surface area contributed by atoms with Crippen molar-refractivity contribution < 1.29 is 0 Å². The molecule has 0 radical (unpaired) electrons. The van der Waals surface area contributed by atoms with Crippen molar-refractivity contribution in [3.05, 3.63) is 50.9 Å². The Labute approximate surface area is 148 Å². The zero-order chi connectivity index (χ0) is 15.9. The Bertz CT molecular complexity index is 716. The van der Waals surface area contributed by atoms with E-state index in [4.69, 9.17) is 12.2 Å². The Morgan fingerprint density at radius 3 is 2.48 bits per heavy atom. The molecule has 0 aliphatic heterocycles. The number of rotatable bonds is 3. The maximum absolute atomic E-state index is 5.68. The van der Waals surface area contributed by atoms with Crippen LogP contribution < -0.4 is 0 Å². The molecule has 0 bridgehead atoms. The van der Waals surface area contributed by atoms with Gasteiger partial charge in [0.15, 0.2) is 3.95 Å². The normalized spacial score (nSPS) is 28.5. The van der Waals surface area contributed by atoms with Gasteiger partial charge in [0, 0.05) is 23.0 Å². The van der Waals surface area contributed by atoms with Crippen molar-refractivity contribution in [2.45, 2.75) is 69.2 Å². The van der Waals surface area contributed by atoms with Crippen molar-refractivity contribution in [1.82, 2.24) is 4.57 Å². The van der Waals surface area contributed by atoms with E-state index in [1.54, 1.807) is 11.3 Å². The van der Waals surface area contributed by atoms with Crippen molar-refractivity contribution in [3.63, 3.8) is 0 Å². The predicted molar refractivity (Wildman–Crippen MR) is 101 cm³/mol. The molecule has 3 heteroatoms. The highest BCUT2D eigenvalue weighted by atomic mass is 32.1. The molecule has 2 aliphatic carbocycles.